The maximum atomic E-state index is 12.0. The number of carbonyl (C=O) groups excluding carboxylic acids is 2. The van der Waals surface area contributed by atoms with Gasteiger partial charge >= 0.3 is 0 Å². The minimum Gasteiger partial charge on any atom is -0.370 e. The largest absolute Gasteiger partial charge is 0.370 e. The smallest absolute Gasteiger partial charge is 0.217 e. The Balaban J connectivity index is 2.10. The lowest BCUT2D eigenvalue weighted by atomic mass is 9.94. The van der Waals surface area contributed by atoms with Gasteiger partial charge in [0.2, 0.25) is 5.91 Å². The lowest BCUT2D eigenvalue weighted by Gasteiger charge is -2.13. The Bertz CT molecular complexity index is 733. The molecule has 0 radical (unpaired) electrons. The standard InChI is InChI=1S/C19H25N3O2/c1-13(23)14(7-8-16(21-2)9-10-19(20)24)11-15-12-22-18-6-4-3-5-17(15)18/h3-8,12,14,16,21-22H,9-11H2,1-2H3,(H2,20,24)/b8-7+/t14-,16+/m0/s1. The van der Waals surface area contributed by atoms with Gasteiger partial charge in [-0.3, -0.25) is 9.59 Å². The van der Waals surface area contributed by atoms with Gasteiger partial charge in [-0.2, -0.15) is 0 Å². The summed E-state index contributed by atoms with van der Waals surface area (Å²) in [5, 5.41) is 4.28. The second-order valence-electron chi connectivity index (χ2n) is 6.07. The minimum absolute atomic E-state index is 0.0299. The van der Waals surface area contributed by atoms with Crippen LogP contribution in [0.5, 0.6) is 0 Å². The van der Waals surface area contributed by atoms with Crippen LogP contribution in [0, 0.1) is 5.92 Å². The van der Waals surface area contributed by atoms with E-state index in [-0.39, 0.29) is 23.7 Å². The van der Waals surface area contributed by atoms with Gasteiger partial charge < -0.3 is 16.0 Å². The number of Topliss-reactive ketones (excluding diaryl/α,β-unsaturated/α-hetero) is 1. The molecule has 0 unspecified atom stereocenters. The summed E-state index contributed by atoms with van der Waals surface area (Å²) in [5.41, 5.74) is 7.40. The third-order valence-electron chi connectivity index (χ3n) is 4.29. The molecule has 0 fully saturated rings. The van der Waals surface area contributed by atoms with Crippen molar-refractivity contribution < 1.29 is 9.59 Å². The number of rotatable bonds is 9. The number of amides is 1. The molecule has 2 aromatic rings. The molecule has 128 valence electrons. The zero-order valence-electron chi connectivity index (χ0n) is 14.2. The number of primary amides is 1. The minimum atomic E-state index is -0.314. The molecule has 1 aromatic heterocycles. The summed E-state index contributed by atoms with van der Waals surface area (Å²) in [4.78, 5) is 26.2. The molecule has 2 rings (SSSR count). The van der Waals surface area contributed by atoms with Gasteiger partial charge in [-0.1, -0.05) is 30.4 Å². The zero-order chi connectivity index (χ0) is 17.5. The van der Waals surface area contributed by atoms with Crippen LogP contribution in [0.15, 0.2) is 42.6 Å². The van der Waals surface area contributed by atoms with Crippen LogP contribution in [0.25, 0.3) is 10.9 Å². The summed E-state index contributed by atoms with van der Waals surface area (Å²) in [7, 11) is 1.83. The fourth-order valence-electron chi connectivity index (χ4n) is 2.79. The van der Waals surface area contributed by atoms with Gasteiger partial charge in [0.1, 0.15) is 5.78 Å². The van der Waals surface area contributed by atoms with E-state index in [2.05, 4.69) is 16.4 Å². The molecular formula is C19H25N3O2. The molecule has 0 spiro atoms. The predicted molar refractivity (Wildman–Crippen MR) is 96.6 cm³/mol. The Labute approximate surface area is 142 Å². The maximum absolute atomic E-state index is 12.0. The number of benzene rings is 1. The van der Waals surface area contributed by atoms with Crippen LogP contribution in [-0.2, 0) is 16.0 Å². The van der Waals surface area contributed by atoms with E-state index in [4.69, 9.17) is 5.73 Å². The molecule has 1 aromatic carbocycles. The normalized spacial score (nSPS) is 14.1. The maximum Gasteiger partial charge on any atom is 0.217 e. The van der Waals surface area contributed by atoms with E-state index in [9.17, 15) is 9.59 Å². The summed E-state index contributed by atoms with van der Waals surface area (Å²) >= 11 is 0. The Morgan fingerprint density at radius 3 is 2.71 bits per heavy atom. The van der Waals surface area contributed by atoms with Gasteiger partial charge in [-0.15, -0.1) is 0 Å². The van der Waals surface area contributed by atoms with E-state index in [1.165, 1.54) is 0 Å². The highest BCUT2D eigenvalue weighted by atomic mass is 16.1. The Morgan fingerprint density at radius 1 is 1.29 bits per heavy atom. The van der Waals surface area contributed by atoms with Crippen LogP contribution in [0.1, 0.15) is 25.3 Å². The number of likely N-dealkylation sites (N-methyl/N-ethyl adjacent to an activating group) is 1. The number of carbonyl (C=O) groups is 2. The quantitative estimate of drug-likeness (QED) is 0.618. The molecule has 5 nitrogen and oxygen atoms in total. The molecule has 4 N–H and O–H groups in total. The van der Waals surface area contributed by atoms with E-state index in [0.29, 0.717) is 19.3 Å². The lowest BCUT2D eigenvalue weighted by Crippen LogP contribution is -2.25. The second-order valence-corrected chi connectivity index (χ2v) is 6.07. The van der Waals surface area contributed by atoms with Crippen molar-refractivity contribution in [3.8, 4) is 0 Å². The molecule has 0 aliphatic rings. The van der Waals surface area contributed by atoms with Crippen LogP contribution < -0.4 is 11.1 Å². The topological polar surface area (TPSA) is 88.0 Å². The fraction of sp³-hybridized carbons (Fsp3) is 0.368. The summed E-state index contributed by atoms with van der Waals surface area (Å²) in [5.74, 6) is -0.375. The molecule has 0 saturated heterocycles. The van der Waals surface area contributed by atoms with E-state index in [1.54, 1.807) is 6.92 Å². The lowest BCUT2D eigenvalue weighted by molar-refractivity contribution is -0.119. The molecule has 5 heteroatoms. The SMILES string of the molecule is CN[C@H](/C=C/[C@@H](Cc1c[nH]c2ccccc12)C(C)=O)CCC(N)=O. The first-order valence-electron chi connectivity index (χ1n) is 8.20. The molecule has 0 aliphatic carbocycles. The van der Waals surface area contributed by atoms with Gasteiger partial charge in [0.25, 0.3) is 0 Å². The molecule has 2 atom stereocenters. The molecule has 1 heterocycles. The van der Waals surface area contributed by atoms with Crippen LogP contribution in [0.3, 0.4) is 0 Å². The van der Waals surface area contributed by atoms with E-state index in [0.717, 1.165) is 16.5 Å². The Kier molecular flexibility index (Phi) is 6.32. The molecular weight excluding hydrogens is 302 g/mol. The molecule has 24 heavy (non-hydrogen) atoms. The van der Waals surface area contributed by atoms with E-state index in [1.807, 2.05) is 43.6 Å². The number of allylic oxidation sites excluding steroid dienone is 1. The number of hydrogen-bond donors (Lipinski definition) is 3. The molecule has 1 amide bonds. The monoisotopic (exact) mass is 327 g/mol. The van der Waals surface area contributed by atoms with Crippen LogP contribution in [0.2, 0.25) is 0 Å². The number of ketones is 1. The van der Waals surface area contributed by atoms with Crippen molar-refractivity contribution in [2.75, 3.05) is 7.05 Å². The molecule has 0 bridgehead atoms. The molecule has 0 saturated carbocycles. The highest BCUT2D eigenvalue weighted by Gasteiger charge is 2.15. The summed E-state index contributed by atoms with van der Waals surface area (Å²) in [6.45, 7) is 1.61. The number of nitrogens with two attached hydrogens (primary N) is 1. The van der Waals surface area contributed by atoms with E-state index < -0.39 is 0 Å². The van der Waals surface area contributed by atoms with E-state index >= 15 is 0 Å². The first-order valence-corrected chi connectivity index (χ1v) is 8.20. The summed E-state index contributed by atoms with van der Waals surface area (Å²) in [6.07, 6.45) is 7.47. The van der Waals surface area contributed by atoms with Crippen molar-refractivity contribution >= 4 is 22.6 Å². The number of aromatic amines is 1. The van der Waals surface area contributed by atoms with Crippen molar-refractivity contribution in [3.63, 3.8) is 0 Å². The van der Waals surface area contributed by atoms with Crippen molar-refractivity contribution in [2.45, 2.75) is 32.2 Å². The first-order chi connectivity index (χ1) is 11.5. The van der Waals surface area contributed by atoms with Gasteiger partial charge in [0.15, 0.2) is 0 Å². The van der Waals surface area contributed by atoms with Crippen LogP contribution >= 0.6 is 0 Å². The van der Waals surface area contributed by atoms with Gasteiger partial charge in [-0.05, 0) is 38.4 Å². The third kappa shape index (κ3) is 4.80. The van der Waals surface area contributed by atoms with Crippen molar-refractivity contribution in [2.24, 2.45) is 11.7 Å². The Morgan fingerprint density at radius 2 is 2.04 bits per heavy atom. The second kappa shape index (κ2) is 8.45. The molecule has 0 aliphatic heterocycles. The first kappa shape index (κ1) is 17.9. The number of para-hydroxylation sites is 1. The van der Waals surface area contributed by atoms with Crippen LogP contribution in [0.4, 0.5) is 0 Å². The zero-order valence-corrected chi connectivity index (χ0v) is 14.2. The Hall–Kier alpha value is -2.40. The number of hydrogen-bond acceptors (Lipinski definition) is 3. The van der Waals surface area contributed by atoms with Crippen LogP contribution in [-0.4, -0.2) is 29.8 Å². The highest BCUT2D eigenvalue weighted by molar-refractivity contribution is 5.85. The number of fused-ring (bicyclic) bond motifs is 1. The van der Waals surface area contributed by atoms with Gasteiger partial charge in [-0.25, -0.2) is 0 Å². The predicted octanol–water partition coefficient (Wildman–Crippen LogP) is 2.33. The van der Waals surface area contributed by atoms with Gasteiger partial charge in [0, 0.05) is 35.5 Å². The average molecular weight is 327 g/mol. The highest BCUT2D eigenvalue weighted by Crippen LogP contribution is 2.22. The third-order valence-corrected chi connectivity index (χ3v) is 4.29. The van der Waals surface area contributed by atoms with Crippen molar-refractivity contribution in [3.05, 3.63) is 48.2 Å². The number of nitrogens with one attached hydrogen (secondary N) is 2. The fourth-order valence-corrected chi connectivity index (χ4v) is 2.79. The van der Waals surface area contributed by atoms with Gasteiger partial charge in [0.05, 0.1) is 0 Å². The van der Waals surface area contributed by atoms with Crippen molar-refractivity contribution in [1.29, 1.82) is 0 Å². The number of aromatic nitrogens is 1. The van der Waals surface area contributed by atoms with Crippen molar-refractivity contribution in [1.82, 2.24) is 10.3 Å². The summed E-state index contributed by atoms with van der Waals surface area (Å²) in [6, 6.07) is 8.10. The number of H-pyrrole nitrogens is 1. The summed E-state index contributed by atoms with van der Waals surface area (Å²) < 4.78 is 0. The average Bonchev–Trinajstić information content (AvgIpc) is 2.96.